The van der Waals surface area contributed by atoms with Crippen molar-refractivity contribution in [1.82, 2.24) is 10.2 Å². The zero-order valence-corrected chi connectivity index (χ0v) is 30.6. The molecule has 0 bridgehead atoms. The molecule has 0 aliphatic carbocycles. The second-order valence-corrected chi connectivity index (χ2v) is 13.3. The van der Waals surface area contributed by atoms with E-state index >= 15 is 0 Å². The molecule has 0 saturated heterocycles. The fourth-order valence-corrected chi connectivity index (χ4v) is 5.78. The predicted octanol–water partition coefficient (Wildman–Crippen LogP) is 13.0. The van der Waals surface area contributed by atoms with Gasteiger partial charge >= 0.3 is 0 Å². The molecule has 1 rings (SSSR count). The van der Waals surface area contributed by atoms with Crippen LogP contribution < -0.4 is 5.32 Å². The van der Waals surface area contributed by atoms with Crippen LogP contribution in [0.2, 0.25) is 0 Å². The van der Waals surface area contributed by atoms with Gasteiger partial charge in [-0.05, 0) is 84.2 Å². The number of likely N-dealkylation sites (N-methyl/N-ethyl adjacent to an activating group) is 1. The predicted molar refractivity (Wildman–Crippen MR) is 202 cm³/mol. The van der Waals surface area contributed by atoms with Crippen molar-refractivity contribution in [3.63, 3.8) is 0 Å². The lowest BCUT2D eigenvalue weighted by Crippen LogP contribution is -2.18. The van der Waals surface area contributed by atoms with Crippen molar-refractivity contribution < 1.29 is 0 Å². The number of nitrogens with zero attached hydrogens (tertiary/aromatic N) is 2. The highest BCUT2D eigenvalue weighted by Crippen LogP contribution is 2.11. The van der Waals surface area contributed by atoms with Crippen LogP contribution in [-0.4, -0.2) is 44.0 Å². The summed E-state index contributed by atoms with van der Waals surface area (Å²) in [6.07, 6.45) is 50.7. The molecular weight excluding hydrogens is 534 g/mol. The van der Waals surface area contributed by atoms with Gasteiger partial charge in [-0.2, -0.15) is 0 Å². The number of hydrogen-bond acceptors (Lipinski definition) is 3. The summed E-state index contributed by atoms with van der Waals surface area (Å²) in [4.78, 5) is 6.23. The van der Waals surface area contributed by atoms with E-state index in [9.17, 15) is 0 Å². The standard InChI is InChI=1S/C36H71N.C5H10N2/c1-3-5-7-9-11-13-15-17-19-21-23-25-27-29-31-33-35-37-36-34-32-30-28-26-24-22-20-18-16-14-12-10-8-6-4-2;1-2-7-4-3-6-5-7/h17-20,37H,3-16,21-36H2,1-2H3;5H,2-4H2,1H3/b19-17-,20-18-;. The molecule has 1 N–H and O–H groups in total. The van der Waals surface area contributed by atoms with Gasteiger partial charge in [0.15, 0.2) is 0 Å². The summed E-state index contributed by atoms with van der Waals surface area (Å²) in [5.74, 6) is 0. The van der Waals surface area contributed by atoms with Crippen molar-refractivity contribution in [1.29, 1.82) is 0 Å². The van der Waals surface area contributed by atoms with Gasteiger partial charge < -0.3 is 10.2 Å². The molecule has 3 nitrogen and oxygen atoms in total. The number of rotatable bonds is 33. The van der Waals surface area contributed by atoms with Gasteiger partial charge in [-0.3, -0.25) is 4.99 Å². The lowest BCUT2D eigenvalue weighted by atomic mass is 10.1. The van der Waals surface area contributed by atoms with Crippen LogP contribution in [0.1, 0.15) is 201 Å². The first-order valence-electron chi connectivity index (χ1n) is 20.1. The van der Waals surface area contributed by atoms with Crippen LogP contribution in [0.15, 0.2) is 29.3 Å². The quantitative estimate of drug-likeness (QED) is 0.0587. The van der Waals surface area contributed by atoms with Crippen molar-refractivity contribution >= 4 is 6.34 Å². The topological polar surface area (TPSA) is 27.6 Å². The molecule has 1 aliphatic heterocycles. The molecule has 0 fully saturated rings. The Labute approximate surface area is 278 Å². The fourth-order valence-electron chi connectivity index (χ4n) is 5.78. The van der Waals surface area contributed by atoms with E-state index in [1.807, 2.05) is 6.34 Å². The van der Waals surface area contributed by atoms with Gasteiger partial charge in [-0.15, -0.1) is 0 Å². The first-order valence-corrected chi connectivity index (χ1v) is 20.1. The van der Waals surface area contributed by atoms with E-state index in [1.165, 1.54) is 193 Å². The van der Waals surface area contributed by atoms with Crippen LogP contribution in [0.25, 0.3) is 0 Å². The molecular formula is C41H81N3. The van der Waals surface area contributed by atoms with E-state index in [0.717, 1.165) is 19.6 Å². The maximum absolute atomic E-state index is 4.04. The zero-order chi connectivity index (χ0) is 31.9. The van der Waals surface area contributed by atoms with E-state index in [4.69, 9.17) is 0 Å². The highest BCUT2D eigenvalue weighted by molar-refractivity contribution is 5.56. The van der Waals surface area contributed by atoms with Crippen LogP contribution >= 0.6 is 0 Å². The Kier molecular flexibility index (Phi) is 38.9. The normalized spacial score (nSPS) is 13.0. The molecule has 260 valence electrons. The number of hydrogen-bond donors (Lipinski definition) is 1. The monoisotopic (exact) mass is 616 g/mol. The van der Waals surface area contributed by atoms with Crippen molar-refractivity contribution in [2.75, 3.05) is 32.7 Å². The summed E-state index contributed by atoms with van der Waals surface area (Å²) >= 11 is 0. The van der Waals surface area contributed by atoms with Crippen LogP contribution in [0, 0.1) is 0 Å². The van der Waals surface area contributed by atoms with Crippen molar-refractivity contribution in [2.45, 2.75) is 201 Å². The lowest BCUT2D eigenvalue weighted by molar-refractivity contribution is 0.494. The summed E-state index contributed by atoms with van der Waals surface area (Å²) in [6.45, 7) is 12.4. The highest BCUT2D eigenvalue weighted by Gasteiger charge is 1.99. The average Bonchev–Trinajstić information content (AvgIpc) is 3.58. The van der Waals surface area contributed by atoms with Gasteiger partial charge in [0.2, 0.25) is 0 Å². The summed E-state index contributed by atoms with van der Waals surface area (Å²) < 4.78 is 0. The molecule has 0 spiro atoms. The van der Waals surface area contributed by atoms with Gasteiger partial charge in [-0.1, -0.05) is 154 Å². The zero-order valence-electron chi connectivity index (χ0n) is 30.6. The third kappa shape index (κ3) is 37.1. The number of aliphatic imine (C=N–C) groups is 1. The van der Waals surface area contributed by atoms with Crippen molar-refractivity contribution in [3.05, 3.63) is 24.3 Å². The number of nitrogens with one attached hydrogen (secondary N) is 1. The lowest BCUT2D eigenvalue weighted by Gasteiger charge is -2.07. The van der Waals surface area contributed by atoms with E-state index < -0.39 is 0 Å². The van der Waals surface area contributed by atoms with Gasteiger partial charge in [0.05, 0.1) is 12.9 Å². The first-order chi connectivity index (χ1) is 21.8. The van der Waals surface area contributed by atoms with Crippen LogP contribution in [0.4, 0.5) is 0 Å². The van der Waals surface area contributed by atoms with Gasteiger partial charge in [0.25, 0.3) is 0 Å². The Morgan fingerprint density at radius 2 is 0.818 bits per heavy atom. The van der Waals surface area contributed by atoms with Crippen LogP contribution in [0.5, 0.6) is 0 Å². The molecule has 1 heterocycles. The minimum absolute atomic E-state index is 0.994. The van der Waals surface area contributed by atoms with E-state index in [2.05, 4.69) is 60.3 Å². The van der Waals surface area contributed by atoms with Crippen LogP contribution in [0.3, 0.4) is 0 Å². The SMILES string of the molecule is CCCCCCCC/C=C\CCCCCCCCNCCCCCCCC/C=C\CCCCCCCC.CCN1C=NCC1. The molecule has 0 radical (unpaired) electrons. The van der Waals surface area contributed by atoms with Crippen molar-refractivity contribution in [3.8, 4) is 0 Å². The first kappa shape index (κ1) is 42.9. The van der Waals surface area contributed by atoms with Gasteiger partial charge in [0.1, 0.15) is 0 Å². The molecule has 0 aromatic heterocycles. The van der Waals surface area contributed by atoms with Crippen molar-refractivity contribution in [2.24, 2.45) is 4.99 Å². The largest absolute Gasteiger partial charge is 0.361 e. The molecule has 0 saturated carbocycles. The maximum Gasteiger partial charge on any atom is 0.0851 e. The van der Waals surface area contributed by atoms with Gasteiger partial charge in [-0.25, -0.2) is 0 Å². The Morgan fingerprint density at radius 1 is 0.477 bits per heavy atom. The van der Waals surface area contributed by atoms with E-state index in [-0.39, 0.29) is 0 Å². The second kappa shape index (κ2) is 39.9. The third-order valence-electron chi connectivity index (χ3n) is 8.90. The second-order valence-electron chi connectivity index (χ2n) is 13.3. The minimum atomic E-state index is 0.994. The molecule has 1 aliphatic rings. The highest BCUT2D eigenvalue weighted by atomic mass is 15.2. The average molecular weight is 616 g/mol. The molecule has 0 amide bonds. The smallest absolute Gasteiger partial charge is 0.0851 e. The third-order valence-corrected chi connectivity index (χ3v) is 8.90. The van der Waals surface area contributed by atoms with Crippen LogP contribution in [-0.2, 0) is 0 Å². The Balaban J connectivity index is 0.00000229. The molecule has 0 aromatic carbocycles. The Morgan fingerprint density at radius 3 is 1.11 bits per heavy atom. The Hall–Kier alpha value is -1.09. The summed E-state index contributed by atoms with van der Waals surface area (Å²) in [5.41, 5.74) is 0. The molecule has 0 aromatic rings. The van der Waals surface area contributed by atoms with E-state index in [0.29, 0.717) is 0 Å². The summed E-state index contributed by atoms with van der Waals surface area (Å²) in [5, 5.41) is 3.67. The maximum atomic E-state index is 4.04. The fraction of sp³-hybridized carbons (Fsp3) is 0.878. The Bertz CT molecular complexity index is 557. The minimum Gasteiger partial charge on any atom is -0.361 e. The molecule has 0 unspecified atom stereocenters. The molecule has 3 heteroatoms. The van der Waals surface area contributed by atoms with E-state index in [1.54, 1.807) is 0 Å². The summed E-state index contributed by atoms with van der Waals surface area (Å²) in [7, 11) is 0. The summed E-state index contributed by atoms with van der Waals surface area (Å²) in [6, 6.07) is 0. The van der Waals surface area contributed by atoms with Gasteiger partial charge in [0, 0.05) is 13.1 Å². The molecule has 44 heavy (non-hydrogen) atoms. The number of unbranched alkanes of at least 4 members (excludes halogenated alkanes) is 24. The molecule has 0 atom stereocenters. The number of allylic oxidation sites excluding steroid dienone is 4.